The quantitative estimate of drug-likeness (QED) is 0.846. The molecule has 29 heavy (non-hydrogen) atoms. The van der Waals surface area contributed by atoms with E-state index < -0.39 is 0 Å². The maximum Gasteiger partial charge on any atom is 0.254 e. The van der Waals surface area contributed by atoms with E-state index in [1.54, 1.807) is 28.0 Å². The zero-order chi connectivity index (χ0) is 20.5. The van der Waals surface area contributed by atoms with Crippen molar-refractivity contribution in [1.82, 2.24) is 19.8 Å². The van der Waals surface area contributed by atoms with Crippen LogP contribution in [0.1, 0.15) is 41.9 Å². The zero-order valence-electron chi connectivity index (χ0n) is 16.3. The topological polar surface area (TPSA) is 86.4 Å². The van der Waals surface area contributed by atoms with Gasteiger partial charge in [-0.3, -0.25) is 14.4 Å². The average Bonchev–Trinajstić information content (AvgIpc) is 3.19. The van der Waals surface area contributed by atoms with Gasteiger partial charge in [0.1, 0.15) is 11.6 Å². The third-order valence-corrected chi connectivity index (χ3v) is 5.76. The number of H-pyrrole nitrogens is 1. The van der Waals surface area contributed by atoms with Crippen LogP contribution in [-0.4, -0.2) is 51.2 Å². The van der Waals surface area contributed by atoms with Gasteiger partial charge in [0.2, 0.25) is 11.8 Å². The Morgan fingerprint density at radius 1 is 1.24 bits per heavy atom. The van der Waals surface area contributed by atoms with E-state index in [1.807, 2.05) is 0 Å². The van der Waals surface area contributed by atoms with Crippen LogP contribution in [0.3, 0.4) is 0 Å². The fourth-order valence-corrected chi connectivity index (χ4v) is 4.05. The zero-order valence-corrected chi connectivity index (χ0v) is 16.3. The minimum absolute atomic E-state index is 0.0150. The molecule has 1 aromatic heterocycles. The summed E-state index contributed by atoms with van der Waals surface area (Å²) < 4.78 is 13.8. The third-order valence-electron chi connectivity index (χ3n) is 5.76. The smallest absolute Gasteiger partial charge is 0.254 e. The van der Waals surface area contributed by atoms with Gasteiger partial charge in [0, 0.05) is 38.0 Å². The van der Waals surface area contributed by atoms with Crippen molar-refractivity contribution >= 4 is 11.8 Å². The van der Waals surface area contributed by atoms with Gasteiger partial charge in [-0.1, -0.05) is 18.2 Å². The van der Waals surface area contributed by atoms with Crippen molar-refractivity contribution in [3.05, 3.63) is 63.1 Å². The predicted molar refractivity (Wildman–Crippen MR) is 104 cm³/mol. The highest BCUT2D eigenvalue weighted by Gasteiger charge is 2.31. The van der Waals surface area contributed by atoms with Crippen LogP contribution in [-0.2, 0) is 29.0 Å². The number of rotatable bonds is 3. The number of nitrogens with one attached hydrogen (secondary N) is 1. The maximum absolute atomic E-state index is 13.8. The van der Waals surface area contributed by atoms with Gasteiger partial charge in [0.15, 0.2) is 0 Å². The van der Waals surface area contributed by atoms with Crippen LogP contribution in [0.15, 0.2) is 29.1 Å². The molecule has 0 aliphatic carbocycles. The molecule has 1 N–H and O–H groups in total. The first kappa shape index (κ1) is 19.3. The summed E-state index contributed by atoms with van der Waals surface area (Å²) in [5.74, 6) is -0.0800. The van der Waals surface area contributed by atoms with E-state index in [4.69, 9.17) is 0 Å². The molecule has 8 heteroatoms. The van der Waals surface area contributed by atoms with Gasteiger partial charge in [-0.2, -0.15) is 0 Å². The molecule has 1 aromatic carbocycles. The minimum atomic E-state index is -0.382. The molecule has 1 atom stereocenters. The normalized spacial score (nSPS) is 18.6. The summed E-state index contributed by atoms with van der Waals surface area (Å²) in [6.45, 7) is 3.34. The summed E-state index contributed by atoms with van der Waals surface area (Å²) in [4.78, 5) is 47.6. The number of benzene rings is 1. The Morgan fingerprint density at radius 3 is 2.79 bits per heavy atom. The highest BCUT2D eigenvalue weighted by Crippen LogP contribution is 2.26. The SMILES string of the molecule is CC(=O)N1CCc2c(nc([C@@H]3CCN(C(=O)Cc4ccccc4F)C3)[nH]c2=O)C1. The van der Waals surface area contributed by atoms with Crippen molar-refractivity contribution in [1.29, 1.82) is 0 Å². The maximum atomic E-state index is 13.8. The van der Waals surface area contributed by atoms with E-state index in [0.717, 1.165) is 0 Å². The number of carbonyl (C=O) groups is 2. The molecular formula is C21H23FN4O3. The molecule has 1 saturated heterocycles. The van der Waals surface area contributed by atoms with Gasteiger partial charge in [-0.25, -0.2) is 9.37 Å². The van der Waals surface area contributed by atoms with Gasteiger partial charge in [-0.15, -0.1) is 0 Å². The summed E-state index contributed by atoms with van der Waals surface area (Å²) >= 11 is 0. The lowest BCUT2D eigenvalue weighted by atomic mass is 10.0. The van der Waals surface area contributed by atoms with Gasteiger partial charge in [0.25, 0.3) is 5.56 Å². The van der Waals surface area contributed by atoms with Crippen LogP contribution in [0.5, 0.6) is 0 Å². The number of halogens is 1. The summed E-state index contributed by atoms with van der Waals surface area (Å²) in [5.41, 5.74) is 1.49. The van der Waals surface area contributed by atoms with Crippen LogP contribution in [0.2, 0.25) is 0 Å². The first-order valence-corrected chi connectivity index (χ1v) is 9.81. The monoisotopic (exact) mass is 398 g/mol. The average molecular weight is 398 g/mol. The lowest BCUT2D eigenvalue weighted by Crippen LogP contribution is -2.38. The van der Waals surface area contributed by atoms with Crippen LogP contribution < -0.4 is 5.56 Å². The number of carbonyl (C=O) groups excluding carboxylic acids is 2. The Hall–Kier alpha value is -3.03. The van der Waals surface area contributed by atoms with Crippen LogP contribution in [0.25, 0.3) is 0 Å². The molecular weight excluding hydrogens is 375 g/mol. The fraction of sp³-hybridized carbons (Fsp3) is 0.429. The highest BCUT2D eigenvalue weighted by molar-refractivity contribution is 5.79. The van der Waals surface area contributed by atoms with Gasteiger partial charge >= 0.3 is 0 Å². The van der Waals surface area contributed by atoms with Gasteiger partial charge in [-0.05, 0) is 24.5 Å². The number of amides is 2. The first-order valence-electron chi connectivity index (χ1n) is 9.81. The molecule has 0 bridgehead atoms. The van der Waals surface area contributed by atoms with Crippen LogP contribution in [0.4, 0.5) is 4.39 Å². The number of hydrogen-bond donors (Lipinski definition) is 1. The molecule has 0 saturated carbocycles. The Balaban J connectivity index is 1.48. The van der Waals surface area contributed by atoms with Crippen LogP contribution >= 0.6 is 0 Å². The van der Waals surface area contributed by atoms with E-state index in [1.165, 1.54) is 13.0 Å². The lowest BCUT2D eigenvalue weighted by Gasteiger charge is -2.27. The Labute approximate surface area is 167 Å². The molecule has 0 unspecified atom stereocenters. The molecule has 2 aliphatic rings. The minimum Gasteiger partial charge on any atom is -0.342 e. The number of aromatic amines is 1. The second kappa shape index (κ2) is 7.77. The predicted octanol–water partition coefficient (Wildman–Crippen LogP) is 1.37. The molecule has 4 rings (SSSR count). The first-order chi connectivity index (χ1) is 13.9. The molecule has 0 radical (unpaired) electrons. The summed E-state index contributed by atoms with van der Waals surface area (Å²) in [6.07, 6.45) is 1.19. The molecule has 3 heterocycles. The molecule has 2 amide bonds. The summed E-state index contributed by atoms with van der Waals surface area (Å²) in [5, 5.41) is 0. The number of hydrogen-bond acceptors (Lipinski definition) is 4. The highest BCUT2D eigenvalue weighted by atomic mass is 19.1. The van der Waals surface area contributed by atoms with Crippen molar-refractivity contribution in [2.45, 2.75) is 38.6 Å². The van der Waals surface area contributed by atoms with Crippen molar-refractivity contribution in [3.63, 3.8) is 0 Å². The van der Waals surface area contributed by atoms with Crippen molar-refractivity contribution < 1.29 is 14.0 Å². The second-order valence-corrected chi connectivity index (χ2v) is 7.66. The van der Waals surface area contributed by atoms with Crippen molar-refractivity contribution in [3.8, 4) is 0 Å². The van der Waals surface area contributed by atoms with Gasteiger partial charge in [0.05, 0.1) is 18.7 Å². The molecule has 7 nitrogen and oxygen atoms in total. The van der Waals surface area contributed by atoms with E-state index >= 15 is 0 Å². The number of aromatic nitrogens is 2. The van der Waals surface area contributed by atoms with Gasteiger partial charge < -0.3 is 14.8 Å². The number of likely N-dealkylation sites (tertiary alicyclic amines) is 1. The van der Waals surface area contributed by atoms with Crippen LogP contribution in [0, 0.1) is 5.82 Å². The molecule has 2 aromatic rings. The van der Waals surface area contributed by atoms with E-state index in [0.29, 0.717) is 61.7 Å². The molecule has 0 spiro atoms. The number of fused-ring (bicyclic) bond motifs is 1. The Bertz CT molecular complexity index is 1020. The van der Waals surface area contributed by atoms with Crippen molar-refractivity contribution in [2.75, 3.05) is 19.6 Å². The third kappa shape index (κ3) is 3.92. The number of nitrogens with zero attached hydrogens (tertiary/aromatic N) is 3. The largest absolute Gasteiger partial charge is 0.342 e. The molecule has 152 valence electrons. The van der Waals surface area contributed by atoms with E-state index in [9.17, 15) is 18.8 Å². The molecule has 1 fully saturated rings. The summed E-state index contributed by atoms with van der Waals surface area (Å²) in [7, 11) is 0. The Morgan fingerprint density at radius 2 is 2.03 bits per heavy atom. The summed E-state index contributed by atoms with van der Waals surface area (Å²) in [6, 6.07) is 6.27. The van der Waals surface area contributed by atoms with Crippen molar-refractivity contribution in [2.24, 2.45) is 0 Å². The van der Waals surface area contributed by atoms with E-state index in [-0.39, 0.29) is 35.5 Å². The standard InChI is InChI=1S/C21H23FN4O3/c1-13(27)25-9-7-16-18(12-25)23-20(24-21(16)29)15-6-8-26(11-15)19(28)10-14-4-2-3-5-17(14)22/h2-5,15H,6-12H2,1H3,(H,23,24,29)/t15-/m1/s1. The lowest BCUT2D eigenvalue weighted by molar-refractivity contribution is -0.130. The van der Waals surface area contributed by atoms with E-state index in [2.05, 4.69) is 9.97 Å². The second-order valence-electron chi connectivity index (χ2n) is 7.66. The fourth-order valence-electron chi connectivity index (χ4n) is 4.05. The molecule has 2 aliphatic heterocycles. The Kier molecular flexibility index (Phi) is 5.17.